The number of β-amino-alcohol motifs (C(OH)–C–C–N with tert-alkyl or cyclic N) is 1. The average Bonchev–Trinajstić information content (AvgIpc) is 2.86. The van der Waals surface area contributed by atoms with E-state index in [2.05, 4.69) is 5.32 Å². The third kappa shape index (κ3) is 3.47. The first-order valence-corrected chi connectivity index (χ1v) is 9.53. The van der Waals surface area contributed by atoms with E-state index in [1.807, 2.05) is 6.92 Å². The molecule has 26 heavy (non-hydrogen) atoms. The summed E-state index contributed by atoms with van der Waals surface area (Å²) in [7, 11) is 0. The molecule has 1 atom stereocenters. The van der Waals surface area contributed by atoms with Gasteiger partial charge in [0.25, 0.3) is 5.91 Å². The Hall–Kier alpha value is -1.95. The van der Waals surface area contributed by atoms with Gasteiger partial charge in [-0.2, -0.15) is 0 Å². The van der Waals surface area contributed by atoms with Gasteiger partial charge in [-0.05, 0) is 37.0 Å². The number of aliphatic hydroxyl groups is 1. The molecule has 1 aliphatic carbocycles. The molecule has 0 aromatic heterocycles. The van der Waals surface area contributed by atoms with Crippen molar-refractivity contribution in [2.24, 2.45) is 0 Å². The average molecular weight is 362 g/mol. The highest BCUT2D eigenvalue weighted by molar-refractivity contribution is 6.07. The number of unbranched alkanes of at least 4 members (excludes halogenated alkanes) is 1. The minimum atomic E-state index is -1.17. The summed E-state index contributed by atoms with van der Waals surface area (Å²) in [6.45, 7) is 2.04. The lowest BCUT2D eigenvalue weighted by molar-refractivity contribution is -0.135. The Kier molecular flexibility index (Phi) is 5.32. The van der Waals surface area contributed by atoms with E-state index in [1.165, 1.54) is 12.1 Å². The molecule has 0 unspecified atom stereocenters. The number of nitrogens with one attached hydrogen (secondary N) is 1. The monoisotopic (exact) mass is 362 g/mol. The number of amides is 3. The highest BCUT2D eigenvalue weighted by Crippen LogP contribution is 2.37. The van der Waals surface area contributed by atoms with Crippen molar-refractivity contribution >= 4 is 11.9 Å². The number of benzene rings is 1. The molecular weight excluding hydrogens is 335 g/mol. The zero-order valence-electron chi connectivity index (χ0n) is 15.3. The lowest BCUT2D eigenvalue weighted by Gasteiger charge is -2.35. The lowest BCUT2D eigenvalue weighted by Crippen LogP contribution is -2.48. The molecule has 0 spiro atoms. The van der Waals surface area contributed by atoms with Crippen LogP contribution in [0.5, 0.6) is 0 Å². The van der Waals surface area contributed by atoms with E-state index in [0.717, 1.165) is 37.0 Å². The molecule has 3 rings (SSSR count). The summed E-state index contributed by atoms with van der Waals surface area (Å²) in [5.74, 6) is -0.730. The Morgan fingerprint density at radius 3 is 2.42 bits per heavy atom. The molecule has 2 N–H and O–H groups in total. The minimum Gasteiger partial charge on any atom is -0.388 e. The number of nitrogens with zero attached hydrogens (tertiary/aromatic N) is 1. The summed E-state index contributed by atoms with van der Waals surface area (Å²) < 4.78 is 13.3. The number of rotatable bonds is 6. The molecule has 1 saturated carbocycles. The van der Waals surface area contributed by atoms with Gasteiger partial charge >= 0.3 is 6.03 Å². The largest absolute Gasteiger partial charge is 0.388 e. The maximum absolute atomic E-state index is 13.3. The quantitative estimate of drug-likeness (QED) is 0.762. The van der Waals surface area contributed by atoms with E-state index in [9.17, 15) is 19.1 Å². The van der Waals surface area contributed by atoms with Crippen LogP contribution in [0.1, 0.15) is 63.9 Å². The van der Waals surface area contributed by atoms with Gasteiger partial charge in [0.15, 0.2) is 0 Å². The maximum atomic E-state index is 13.3. The molecule has 142 valence electrons. The molecule has 1 aromatic rings. The first-order valence-electron chi connectivity index (χ1n) is 9.53. The van der Waals surface area contributed by atoms with Crippen molar-refractivity contribution in [2.45, 2.75) is 69.4 Å². The second-order valence-electron chi connectivity index (χ2n) is 7.62. The number of hydrogen-bond donors (Lipinski definition) is 2. The zero-order valence-corrected chi connectivity index (χ0v) is 15.3. The normalized spacial score (nSPS) is 25.4. The van der Waals surface area contributed by atoms with E-state index < -0.39 is 17.2 Å². The fourth-order valence-electron chi connectivity index (χ4n) is 4.12. The van der Waals surface area contributed by atoms with E-state index >= 15 is 0 Å². The molecule has 1 aromatic carbocycles. The molecule has 2 aliphatic rings. The van der Waals surface area contributed by atoms with Crippen molar-refractivity contribution in [1.82, 2.24) is 10.2 Å². The summed E-state index contributed by atoms with van der Waals surface area (Å²) in [5.41, 5.74) is -1.59. The summed E-state index contributed by atoms with van der Waals surface area (Å²) in [4.78, 5) is 27.1. The van der Waals surface area contributed by atoms with Crippen LogP contribution in [-0.2, 0) is 10.3 Å². The Balaban J connectivity index is 1.89. The number of urea groups is 1. The van der Waals surface area contributed by atoms with E-state index in [0.29, 0.717) is 24.8 Å². The van der Waals surface area contributed by atoms with Gasteiger partial charge in [-0.3, -0.25) is 9.69 Å². The summed E-state index contributed by atoms with van der Waals surface area (Å²) in [6, 6.07) is 5.25. The second-order valence-corrected chi connectivity index (χ2v) is 7.62. The zero-order chi connectivity index (χ0) is 18.8. The number of carbonyl (C=O) groups excluding carboxylic acids is 2. The van der Waals surface area contributed by atoms with Crippen molar-refractivity contribution in [3.05, 3.63) is 35.6 Å². The summed E-state index contributed by atoms with van der Waals surface area (Å²) in [5, 5.41) is 13.6. The van der Waals surface area contributed by atoms with Crippen LogP contribution in [0.15, 0.2) is 24.3 Å². The van der Waals surface area contributed by atoms with Crippen LogP contribution in [0, 0.1) is 5.82 Å². The number of imide groups is 1. The van der Waals surface area contributed by atoms with Gasteiger partial charge in [0.2, 0.25) is 0 Å². The molecule has 1 heterocycles. The third-order valence-corrected chi connectivity index (χ3v) is 5.65. The van der Waals surface area contributed by atoms with Crippen LogP contribution in [-0.4, -0.2) is 34.1 Å². The number of carbonyl (C=O) groups is 2. The van der Waals surface area contributed by atoms with Crippen LogP contribution < -0.4 is 5.32 Å². The van der Waals surface area contributed by atoms with E-state index in [4.69, 9.17) is 0 Å². The predicted octanol–water partition coefficient (Wildman–Crippen LogP) is 3.46. The van der Waals surface area contributed by atoms with Gasteiger partial charge in [0.05, 0.1) is 12.1 Å². The van der Waals surface area contributed by atoms with Gasteiger partial charge in [0.1, 0.15) is 11.4 Å². The van der Waals surface area contributed by atoms with Gasteiger partial charge < -0.3 is 10.4 Å². The fourth-order valence-corrected chi connectivity index (χ4v) is 4.12. The Morgan fingerprint density at radius 1 is 1.15 bits per heavy atom. The molecule has 3 amide bonds. The summed E-state index contributed by atoms with van der Waals surface area (Å²) >= 11 is 0. The Bertz CT molecular complexity index is 670. The van der Waals surface area contributed by atoms with Gasteiger partial charge in [0, 0.05) is 0 Å². The molecule has 5 nitrogen and oxygen atoms in total. The van der Waals surface area contributed by atoms with Crippen molar-refractivity contribution < 1.29 is 19.1 Å². The van der Waals surface area contributed by atoms with Crippen LogP contribution in [0.4, 0.5) is 9.18 Å². The van der Waals surface area contributed by atoms with Crippen molar-refractivity contribution in [3.8, 4) is 0 Å². The predicted molar refractivity (Wildman–Crippen MR) is 95.9 cm³/mol. The van der Waals surface area contributed by atoms with Crippen molar-refractivity contribution in [1.29, 1.82) is 0 Å². The van der Waals surface area contributed by atoms with Gasteiger partial charge in [-0.25, -0.2) is 9.18 Å². The van der Waals surface area contributed by atoms with Gasteiger partial charge in [-0.15, -0.1) is 0 Å². The highest BCUT2D eigenvalue weighted by atomic mass is 19.1. The Labute approximate surface area is 153 Å². The van der Waals surface area contributed by atoms with Crippen LogP contribution >= 0.6 is 0 Å². The van der Waals surface area contributed by atoms with E-state index in [-0.39, 0.29) is 18.3 Å². The maximum Gasteiger partial charge on any atom is 0.325 e. The standard InChI is InChI=1S/C20H27FN2O3/c1-2-3-13-20(15-7-9-16(21)10-8-15)17(24)23(18(25)22-20)14-19(26)11-5-4-6-12-19/h7-10,26H,2-6,11-14H2,1H3,(H,22,25)/t20-/m0/s1. The van der Waals surface area contributed by atoms with Crippen LogP contribution in [0.3, 0.4) is 0 Å². The molecule has 0 bridgehead atoms. The number of hydrogen-bond acceptors (Lipinski definition) is 3. The Morgan fingerprint density at radius 2 is 1.81 bits per heavy atom. The highest BCUT2D eigenvalue weighted by Gasteiger charge is 2.53. The first-order chi connectivity index (χ1) is 12.4. The topological polar surface area (TPSA) is 69.6 Å². The molecule has 0 radical (unpaired) electrons. The number of halogens is 1. The molecule has 6 heteroatoms. The molecule has 2 fully saturated rings. The summed E-state index contributed by atoms with van der Waals surface area (Å²) in [6.07, 6.45) is 6.15. The molecule has 1 aliphatic heterocycles. The minimum absolute atomic E-state index is 0.0206. The van der Waals surface area contributed by atoms with E-state index in [1.54, 1.807) is 12.1 Å². The van der Waals surface area contributed by atoms with Crippen molar-refractivity contribution in [2.75, 3.05) is 6.54 Å². The smallest absolute Gasteiger partial charge is 0.325 e. The van der Waals surface area contributed by atoms with Crippen LogP contribution in [0.2, 0.25) is 0 Å². The van der Waals surface area contributed by atoms with Crippen LogP contribution in [0.25, 0.3) is 0 Å². The van der Waals surface area contributed by atoms with Gasteiger partial charge in [-0.1, -0.05) is 51.2 Å². The SMILES string of the molecule is CCCC[C@@]1(c2ccc(F)cc2)NC(=O)N(CC2(O)CCCCC2)C1=O. The van der Waals surface area contributed by atoms with Crippen molar-refractivity contribution in [3.63, 3.8) is 0 Å². The lowest BCUT2D eigenvalue weighted by atomic mass is 9.83. The third-order valence-electron chi connectivity index (χ3n) is 5.65. The second kappa shape index (κ2) is 7.35. The molecule has 1 saturated heterocycles. The molecular formula is C20H27FN2O3. The first kappa shape index (κ1) is 18.8. The fraction of sp³-hybridized carbons (Fsp3) is 0.600.